The van der Waals surface area contributed by atoms with E-state index in [1.165, 1.54) is 0 Å². The molecule has 0 saturated carbocycles. The zero-order chi connectivity index (χ0) is 14.7. The van der Waals surface area contributed by atoms with E-state index >= 15 is 0 Å². The van der Waals surface area contributed by atoms with Crippen LogP contribution in [0.5, 0.6) is 0 Å². The predicted molar refractivity (Wildman–Crippen MR) is 72.6 cm³/mol. The smallest absolute Gasteiger partial charge is 0.305 e. The highest BCUT2D eigenvalue weighted by Gasteiger charge is 2.15. The first-order chi connectivity index (χ1) is 9.03. The largest absolute Gasteiger partial charge is 0.462 e. The molecule has 0 saturated heterocycles. The van der Waals surface area contributed by atoms with Crippen molar-refractivity contribution < 1.29 is 19.1 Å². The maximum atomic E-state index is 11.6. The average Bonchev–Trinajstić information content (AvgIpc) is 2.41. The van der Waals surface area contributed by atoms with Gasteiger partial charge in [-0.1, -0.05) is 20.3 Å². The molecule has 0 radical (unpaired) electrons. The van der Waals surface area contributed by atoms with Crippen LogP contribution in [-0.4, -0.2) is 30.2 Å². The van der Waals surface area contributed by atoms with Gasteiger partial charge in [0, 0.05) is 25.7 Å². The Labute approximate surface area is 114 Å². The predicted octanol–water partition coefficient (Wildman–Crippen LogP) is 1.77. The van der Waals surface area contributed by atoms with Crippen LogP contribution in [0.15, 0.2) is 0 Å². The van der Waals surface area contributed by atoms with Crippen LogP contribution in [-0.2, 0) is 19.1 Å². The first-order valence-electron chi connectivity index (χ1n) is 6.96. The van der Waals surface area contributed by atoms with E-state index in [1.54, 1.807) is 6.92 Å². The molecule has 0 aliphatic rings. The highest BCUT2D eigenvalue weighted by atomic mass is 16.5. The summed E-state index contributed by atoms with van der Waals surface area (Å²) in [5, 5.41) is 0. The zero-order valence-electron chi connectivity index (χ0n) is 11.9. The lowest BCUT2D eigenvalue weighted by Crippen LogP contribution is -2.19. The SMILES string of the molecule is CCCC(CCC(=O)CCC(=O)CN)OC(=O)CC. The third kappa shape index (κ3) is 9.36. The Morgan fingerprint density at radius 2 is 1.63 bits per heavy atom. The van der Waals surface area contributed by atoms with Gasteiger partial charge in [-0.2, -0.15) is 0 Å². The van der Waals surface area contributed by atoms with E-state index < -0.39 is 0 Å². The number of ether oxygens (including phenoxy) is 1. The maximum absolute atomic E-state index is 11.6. The Morgan fingerprint density at radius 3 is 2.16 bits per heavy atom. The second-order valence-corrected chi connectivity index (χ2v) is 4.57. The Kier molecular flexibility index (Phi) is 9.98. The van der Waals surface area contributed by atoms with Crippen molar-refractivity contribution in [1.82, 2.24) is 0 Å². The van der Waals surface area contributed by atoms with E-state index in [1.807, 2.05) is 6.92 Å². The fraction of sp³-hybridized carbons (Fsp3) is 0.786. The van der Waals surface area contributed by atoms with Crippen LogP contribution in [0.3, 0.4) is 0 Å². The van der Waals surface area contributed by atoms with Gasteiger partial charge in [0.1, 0.15) is 17.7 Å². The molecule has 2 N–H and O–H groups in total. The minimum Gasteiger partial charge on any atom is -0.462 e. The van der Waals surface area contributed by atoms with Gasteiger partial charge in [0.25, 0.3) is 0 Å². The maximum Gasteiger partial charge on any atom is 0.305 e. The second-order valence-electron chi connectivity index (χ2n) is 4.57. The quantitative estimate of drug-likeness (QED) is 0.579. The Morgan fingerprint density at radius 1 is 1.00 bits per heavy atom. The van der Waals surface area contributed by atoms with Crippen molar-refractivity contribution >= 4 is 17.5 Å². The molecule has 0 fully saturated rings. The van der Waals surface area contributed by atoms with Crippen LogP contribution in [0.25, 0.3) is 0 Å². The van der Waals surface area contributed by atoms with E-state index in [-0.39, 0.29) is 43.0 Å². The Balaban J connectivity index is 3.99. The summed E-state index contributed by atoms with van der Waals surface area (Å²) in [6.07, 6.45) is 3.15. The molecule has 5 nitrogen and oxygen atoms in total. The molecule has 19 heavy (non-hydrogen) atoms. The molecule has 5 heteroatoms. The third-order valence-electron chi connectivity index (χ3n) is 2.85. The van der Waals surface area contributed by atoms with Gasteiger partial charge < -0.3 is 10.5 Å². The lowest BCUT2D eigenvalue weighted by atomic mass is 10.0. The summed E-state index contributed by atoms with van der Waals surface area (Å²) in [7, 11) is 0. The zero-order valence-corrected chi connectivity index (χ0v) is 11.9. The van der Waals surface area contributed by atoms with Crippen LogP contribution in [0.2, 0.25) is 0 Å². The molecule has 0 aliphatic carbocycles. The molecule has 0 spiro atoms. The summed E-state index contributed by atoms with van der Waals surface area (Å²) >= 11 is 0. The van der Waals surface area contributed by atoms with E-state index in [0.29, 0.717) is 19.3 Å². The van der Waals surface area contributed by atoms with Crippen LogP contribution < -0.4 is 5.73 Å². The van der Waals surface area contributed by atoms with E-state index in [4.69, 9.17) is 10.5 Å². The summed E-state index contributed by atoms with van der Waals surface area (Å²) < 4.78 is 5.26. The summed E-state index contributed by atoms with van der Waals surface area (Å²) in [6.45, 7) is 3.74. The number of esters is 1. The third-order valence-corrected chi connectivity index (χ3v) is 2.85. The van der Waals surface area contributed by atoms with Gasteiger partial charge in [0.05, 0.1) is 6.54 Å². The van der Waals surface area contributed by atoms with Crippen LogP contribution in [0, 0.1) is 0 Å². The number of carbonyl (C=O) groups is 3. The summed E-state index contributed by atoms with van der Waals surface area (Å²) in [5.41, 5.74) is 5.17. The van der Waals surface area contributed by atoms with Gasteiger partial charge in [-0.15, -0.1) is 0 Å². The first kappa shape index (κ1) is 17.8. The molecule has 0 heterocycles. The summed E-state index contributed by atoms with van der Waals surface area (Å²) in [5.74, 6) is -0.310. The normalized spacial score (nSPS) is 11.9. The van der Waals surface area contributed by atoms with Crippen LogP contribution in [0.4, 0.5) is 0 Å². The van der Waals surface area contributed by atoms with Crippen molar-refractivity contribution in [2.24, 2.45) is 5.73 Å². The van der Waals surface area contributed by atoms with E-state index in [0.717, 1.165) is 12.8 Å². The number of rotatable bonds is 11. The number of hydrogen-bond acceptors (Lipinski definition) is 5. The Bertz CT molecular complexity index is 302. The molecule has 0 bridgehead atoms. The highest BCUT2D eigenvalue weighted by molar-refractivity contribution is 5.86. The van der Waals surface area contributed by atoms with Gasteiger partial charge in [-0.05, 0) is 12.8 Å². The van der Waals surface area contributed by atoms with Crippen molar-refractivity contribution in [3.63, 3.8) is 0 Å². The second kappa shape index (κ2) is 10.7. The molecule has 0 aromatic carbocycles. The monoisotopic (exact) mass is 271 g/mol. The molecule has 0 amide bonds. The number of carbonyl (C=O) groups excluding carboxylic acids is 3. The van der Waals surface area contributed by atoms with Gasteiger partial charge >= 0.3 is 5.97 Å². The molecule has 0 aromatic heterocycles. The fourth-order valence-electron chi connectivity index (χ4n) is 1.68. The number of ketones is 2. The van der Waals surface area contributed by atoms with Crippen LogP contribution >= 0.6 is 0 Å². The number of nitrogens with two attached hydrogens (primary N) is 1. The molecule has 0 aromatic rings. The minimum absolute atomic E-state index is 0.0140. The summed E-state index contributed by atoms with van der Waals surface area (Å²) in [4.78, 5) is 33.8. The molecular weight excluding hydrogens is 246 g/mol. The van der Waals surface area contributed by atoms with Gasteiger partial charge in [0.15, 0.2) is 0 Å². The van der Waals surface area contributed by atoms with Crippen molar-refractivity contribution in [2.45, 2.75) is 64.9 Å². The van der Waals surface area contributed by atoms with Crippen molar-refractivity contribution in [3.05, 3.63) is 0 Å². The van der Waals surface area contributed by atoms with Crippen molar-refractivity contribution in [2.75, 3.05) is 6.54 Å². The molecular formula is C14H25NO4. The van der Waals surface area contributed by atoms with Crippen molar-refractivity contribution in [1.29, 1.82) is 0 Å². The average molecular weight is 271 g/mol. The van der Waals surface area contributed by atoms with E-state index in [2.05, 4.69) is 0 Å². The van der Waals surface area contributed by atoms with Gasteiger partial charge in [-0.25, -0.2) is 0 Å². The Hall–Kier alpha value is -1.23. The van der Waals surface area contributed by atoms with E-state index in [9.17, 15) is 14.4 Å². The minimum atomic E-state index is -0.232. The fourth-order valence-corrected chi connectivity index (χ4v) is 1.68. The molecule has 110 valence electrons. The number of Topliss-reactive ketones (excluding diaryl/α,β-unsaturated/α-hetero) is 2. The molecule has 0 aliphatic heterocycles. The lowest BCUT2D eigenvalue weighted by Gasteiger charge is -2.16. The molecule has 1 atom stereocenters. The highest BCUT2D eigenvalue weighted by Crippen LogP contribution is 2.12. The molecule has 0 rings (SSSR count). The van der Waals surface area contributed by atoms with Crippen molar-refractivity contribution in [3.8, 4) is 0 Å². The summed E-state index contributed by atoms with van der Waals surface area (Å²) in [6, 6.07) is 0. The standard InChI is InChI=1S/C14H25NO4/c1-3-5-13(19-14(18)4-2)9-8-11(16)6-7-12(17)10-15/h13H,3-10,15H2,1-2H3. The lowest BCUT2D eigenvalue weighted by molar-refractivity contribution is -0.149. The molecule has 1 unspecified atom stereocenters. The van der Waals surface area contributed by atoms with Crippen LogP contribution in [0.1, 0.15) is 58.8 Å². The first-order valence-corrected chi connectivity index (χ1v) is 6.96. The van der Waals surface area contributed by atoms with Gasteiger partial charge in [0.2, 0.25) is 0 Å². The van der Waals surface area contributed by atoms with Gasteiger partial charge in [-0.3, -0.25) is 14.4 Å². The number of hydrogen-bond donors (Lipinski definition) is 1. The topological polar surface area (TPSA) is 86.5 Å².